The van der Waals surface area contributed by atoms with Gasteiger partial charge >= 0.3 is 0 Å². The predicted octanol–water partition coefficient (Wildman–Crippen LogP) is 0.0249. The van der Waals surface area contributed by atoms with Gasteiger partial charge in [-0.25, -0.2) is 18.1 Å². The van der Waals surface area contributed by atoms with Crippen molar-refractivity contribution in [2.45, 2.75) is 11.9 Å². The van der Waals surface area contributed by atoms with Gasteiger partial charge in [0.2, 0.25) is 0 Å². The highest BCUT2D eigenvalue weighted by molar-refractivity contribution is 7.89. The first-order chi connectivity index (χ1) is 8.95. The highest BCUT2D eigenvalue weighted by Gasteiger charge is 2.24. The zero-order chi connectivity index (χ0) is 14.0. The van der Waals surface area contributed by atoms with Gasteiger partial charge in [0.25, 0.3) is 10.0 Å². The van der Waals surface area contributed by atoms with Crippen LogP contribution in [0.2, 0.25) is 0 Å². The van der Waals surface area contributed by atoms with Gasteiger partial charge in [-0.15, -0.1) is 11.3 Å². The number of nitrogens with zero attached hydrogens (tertiary/aromatic N) is 2. The van der Waals surface area contributed by atoms with Crippen LogP contribution >= 0.6 is 11.3 Å². The fraction of sp³-hybridized carbons (Fsp3) is 0.444. The Hall–Kier alpha value is -0.970. The smallest absolute Gasteiger partial charge is 0.260 e. The van der Waals surface area contributed by atoms with Gasteiger partial charge in [0, 0.05) is 40.4 Å². The summed E-state index contributed by atoms with van der Waals surface area (Å²) in [6.07, 6.45) is 1.60. The SMILES string of the molecule is CCS(=O)CCNS(=O)(=O)c1c(N)nc2sccn12. The minimum Gasteiger partial charge on any atom is -0.381 e. The van der Waals surface area contributed by atoms with Crippen molar-refractivity contribution in [3.63, 3.8) is 0 Å². The molecule has 0 aliphatic rings. The Morgan fingerprint density at radius 3 is 3.00 bits per heavy atom. The van der Waals surface area contributed by atoms with Crippen molar-refractivity contribution in [2.75, 3.05) is 23.8 Å². The predicted molar refractivity (Wildman–Crippen MR) is 76.2 cm³/mol. The van der Waals surface area contributed by atoms with E-state index in [9.17, 15) is 12.6 Å². The van der Waals surface area contributed by atoms with Gasteiger partial charge < -0.3 is 5.73 Å². The van der Waals surface area contributed by atoms with Gasteiger partial charge in [-0.2, -0.15) is 0 Å². The van der Waals surface area contributed by atoms with Crippen LogP contribution in [-0.4, -0.2) is 40.1 Å². The van der Waals surface area contributed by atoms with E-state index in [1.165, 1.54) is 15.7 Å². The Labute approximate surface area is 117 Å². The molecule has 0 amide bonds. The first-order valence-corrected chi connectivity index (χ1v) is 9.36. The van der Waals surface area contributed by atoms with Crippen LogP contribution in [-0.2, 0) is 20.8 Å². The van der Waals surface area contributed by atoms with E-state index in [4.69, 9.17) is 5.73 Å². The van der Waals surface area contributed by atoms with Crippen LogP contribution in [0.15, 0.2) is 16.6 Å². The lowest BCUT2D eigenvalue weighted by Crippen LogP contribution is -2.29. The lowest BCUT2D eigenvalue weighted by molar-refractivity contribution is 0.579. The molecule has 0 aliphatic heterocycles. The summed E-state index contributed by atoms with van der Waals surface area (Å²) in [5.41, 5.74) is 5.64. The maximum Gasteiger partial charge on any atom is 0.260 e. The number of anilines is 1. The second kappa shape index (κ2) is 5.57. The Bertz CT molecular complexity index is 703. The molecule has 2 rings (SSSR count). The number of nitrogen functional groups attached to an aromatic ring is 1. The molecule has 0 radical (unpaired) electrons. The number of fused-ring (bicyclic) bond motifs is 1. The van der Waals surface area contributed by atoms with Gasteiger partial charge in [0.15, 0.2) is 15.8 Å². The van der Waals surface area contributed by atoms with Crippen LogP contribution in [0.25, 0.3) is 4.96 Å². The number of nitrogens with two attached hydrogens (primary N) is 1. The summed E-state index contributed by atoms with van der Waals surface area (Å²) in [7, 11) is -4.76. The Morgan fingerprint density at radius 1 is 1.58 bits per heavy atom. The number of hydrogen-bond acceptors (Lipinski definition) is 6. The molecule has 2 heterocycles. The molecule has 19 heavy (non-hydrogen) atoms. The molecule has 0 saturated carbocycles. The molecule has 1 atom stereocenters. The lowest BCUT2D eigenvalue weighted by Gasteiger charge is -2.05. The maximum absolute atomic E-state index is 12.1. The summed E-state index contributed by atoms with van der Waals surface area (Å²) in [6, 6.07) is 0. The van der Waals surface area contributed by atoms with E-state index in [-0.39, 0.29) is 23.1 Å². The van der Waals surface area contributed by atoms with Gasteiger partial charge in [0.05, 0.1) is 0 Å². The topological polar surface area (TPSA) is 107 Å². The van der Waals surface area contributed by atoms with Crippen LogP contribution < -0.4 is 10.5 Å². The Kier molecular flexibility index (Phi) is 4.23. The minimum atomic E-state index is -3.75. The standard InChI is InChI=1S/C9H14N4O3S3/c1-2-18(14)6-3-11-19(15,16)8-7(10)12-9-13(8)4-5-17-9/h4-5,11H,2-3,6,10H2,1H3. The van der Waals surface area contributed by atoms with Crippen molar-refractivity contribution in [3.05, 3.63) is 11.6 Å². The van der Waals surface area contributed by atoms with E-state index in [0.717, 1.165) is 0 Å². The molecule has 0 spiro atoms. The fourth-order valence-corrected chi connectivity index (χ4v) is 4.31. The van der Waals surface area contributed by atoms with Crippen LogP contribution in [0.5, 0.6) is 0 Å². The summed E-state index contributed by atoms with van der Waals surface area (Å²) in [6.45, 7) is 1.90. The van der Waals surface area contributed by atoms with E-state index in [1.807, 2.05) is 0 Å². The molecule has 0 aliphatic carbocycles. The van der Waals surface area contributed by atoms with Gasteiger partial charge in [-0.3, -0.25) is 8.61 Å². The number of hydrogen-bond donors (Lipinski definition) is 2. The molecule has 2 aromatic rings. The third-order valence-corrected chi connectivity index (χ3v) is 6.00. The van der Waals surface area contributed by atoms with Crippen molar-refractivity contribution in [1.82, 2.24) is 14.1 Å². The minimum absolute atomic E-state index is 0.0315. The lowest BCUT2D eigenvalue weighted by atomic mass is 10.8. The van der Waals surface area contributed by atoms with Gasteiger partial charge in [-0.05, 0) is 0 Å². The molecule has 0 aromatic carbocycles. The summed E-state index contributed by atoms with van der Waals surface area (Å²) in [5.74, 6) is 0.753. The van der Waals surface area contributed by atoms with Gasteiger partial charge in [0.1, 0.15) is 0 Å². The van der Waals surface area contributed by atoms with E-state index in [1.54, 1.807) is 18.5 Å². The third-order valence-electron chi connectivity index (χ3n) is 2.44. The quantitative estimate of drug-likeness (QED) is 0.780. The normalized spacial score (nSPS) is 13.9. The van der Waals surface area contributed by atoms with E-state index in [2.05, 4.69) is 9.71 Å². The second-order valence-corrected chi connectivity index (χ2v) is 8.11. The molecule has 106 valence electrons. The molecule has 10 heteroatoms. The largest absolute Gasteiger partial charge is 0.381 e. The maximum atomic E-state index is 12.1. The fourth-order valence-electron chi connectivity index (χ4n) is 1.55. The molecule has 0 fully saturated rings. The molecular formula is C9H14N4O3S3. The highest BCUT2D eigenvalue weighted by atomic mass is 32.2. The number of imidazole rings is 1. The number of sulfonamides is 1. The Balaban J connectivity index is 2.22. The average Bonchev–Trinajstić information content (AvgIpc) is 2.87. The van der Waals surface area contributed by atoms with Crippen molar-refractivity contribution in [2.24, 2.45) is 0 Å². The molecule has 0 saturated heterocycles. The van der Waals surface area contributed by atoms with Crippen molar-refractivity contribution >= 4 is 42.9 Å². The molecule has 1 unspecified atom stereocenters. The first-order valence-electron chi connectivity index (χ1n) is 5.51. The molecular weight excluding hydrogens is 308 g/mol. The third kappa shape index (κ3) is 2.96. The first kappa shape index (κ1) is 14.4. The number of thiazole rings is 1. The molecule has 0 bridgehead atoms. The second-order valence-electron chi connectivity index (χ2n) is 3.69. The highest BCUT2D eigenvalue weighted by Crippen LogP contribution is 2.22. The van der Waals surface area contributed by atoms with Crippen molar-refractivity contribution in [3.8, 4) is 0 Å². The summed E-state index contributed by atoms with van der Waals surface area (Å²) >= 11 is 1.30. The van der Waals surface area contributed by atoms with E-state index in [0.29, 0.717) is 10.7 Å². The summed E-state index contributed by atoms with van der Waals surface area (Å²) in [5, 5.41) is 1.67. The molecule has 3 N–H and O–H groups in total. The zero-order valence-corrected chi connectivity index (χ0v) is 12.6. The van der Waals surface area contributed by atoms with Crippen molar-refractivity contribution in [1.29, 1.82) is 0 Å². The number of rotatable bonds is 6. The molecule has 7 nitrogen and oxygen atoms in total. The zero-order valence-electron chi connectivity index (χ0n) is 10.2. The summed E-state index contributed by atoms with van der Waals surface area (Å²) < 4.78 is 39.4. The van der Waals surface area contributed by atoms with Crippen LogP contribution in [0.4, 0.5) is 5.82 Å². The van der Waals surface area contributed by atoms with Crippen LogP contribution in [0, 0.1) is 0 Å². The summed E-state index contributed by atoms with van der Waals surface area (Å²) in [4.78, 5) is 4.50. The van der Waals surface area contributed by atoms with Crippen molar-refractivity contribution < 1.29 is 12.6 Å². The number of nitrogens with one attached hydrogen (secondary N) is 1. The van der Waals surface area contributed by atoms with Crippen LogP contribution in [0.1, 0.15) is 6.92 Å². The monoisotopic (exact) mass is 322 g/mol. The average molecular weight is 322 g/mol. The van der Waals surface area contributed by atoms with Gasteiger partial charge in [-0.1, -0.05) is 6.92 Å². The Morgan fingerprint density at radius 2 is 2.32 bits per heavy atom. The van der Waals surface area contributed by atoms with E-state index >= 15 is 0 Å². The van der Waals surface area contributed by atoms with Crippen LogP contribution in [0.3, 0.4) is 0 Å². The molecule has 2 aromatic heterocycles. The van der Waals surface area contributed by atoms with E-state index < -0.39 is 20.8 Å². The number of aromatic nitrogens is 2.